The fourth-order valence-corrected chi connectivity index (χ4v) is 4.76. The van der Waals surface area contributed by atoms with E-state index in [1.54, 1.807) is 0 Å². The van der Waals surface area contributed by atoms with E-state index in [1.807, 2.05) is 0 Å². The summed E-state index contributed by atoms with van der Waals surface area (Å²) in [6.45, 7) is 0. The summed E-state index contributed by atoms with van der Waals surface area (Å²) >= 11 is 0. The summed E-state index contributed by atoms with van der Waals surface area (Å²) in [5, 5.41) is 8.79. The molecule has 0 aromatic rings. The van der Waals surface area contributed by atoms with Gasteiger partial charge in [-0.15, -0.1) is 0 Å². The maximum Gasteiger partial charge on any atom is 0.303 e. The lowest BCUT2D eigenvalue weighted by Crippen LogP contribution is -2.28. The number of rotatable bonds is 3. The van der Waals surface area contributed by atoms with Crippen LogP contribution in [0.5, 0.6) is 0 Å². The molecule has 1 saturated heterocycles. The van der Waals surface area contributed by atoms with E-state index in [0.29, 0.717) is 12.3 Å². The molecule has 1 aliphatic heterocycles. The predicted octanol–water partition coefficient (Wildman–Crippen LogP) is 0.676. The van der Waals surface area contributed by atoms with Crippen LogP contribution in [0.2, 0.25) is 0 Å². The Morgan fingerprint density at radius 1 is 1.43 bits per heavy atom. The normalized spacial score (nSPS) is 35.7. The third-order valence-corrected chi connectivity index (χ3v) is 5.21. The number of sulfone groups is 1. The zero-order chi connectivity index (χ0) is 10.4. The molecule has 2 aliphatic rings. The molecule has 2 rings (SSSR count). The molecule has 0 amide bonds. The first kappa shape index (κ1) is 9.96. The first-order chi connectivity index (χ1) is 6.44. The highest BCUT2D eigenvalue weighted by Crippen LogP contribution is 2.53. The van der Waals surface area contributed by atoms with Gasteiger partial charge in [-0.25, -0.2) is 8.42 Å². The zero-order valence-electron chi connectivity index (χ0n) is 7.90. The minimum Gasteiger partial charge on any atom is -0.481 e. The molecule has 0 radical (unpaired) electrons. The number of carbonyl (C=O) groups is 1. The van der Waals surface area contributed by atoms with Crippen molar-refractivity contribution in [3.8, 4) is 0 Å². The molecule has 0 aromatic carbocycles. The number of hydrogen-bond donors (Lipinski definition) is 1. The predicted molar refractivity (Wildman–Crippen MR) is 50.7 cm³/mol. The second-order valence-corrected chi connectivity index (χ2v) is 6.73. The Morgan fingerprint density at radius 2 is 2.07 bits per heavy atom. The minimum atomic E-state index is -2.97. The third kappa shape index (κ3) is 1.78. The Morgan fingerprint density at radius 3 is 2.43 bits per heavy atom. The van der Waals surface area contributed by atoms with Crippen molar-refractivity contribution in [2.24, 2.45) is 11.3 Å². The highest BCUT2D eigenvalue weighted by atomic mass is 32.2. The van der Waals surface area contributed by atoms with E-state index < -0.39 is 21.2 Å². The van der Waals surface area contributed by atoms with Gasteiger partial charge in [0.25, 0.3) is 0 Å². The first-order valence-electron chi connectivity index (χ1n) is 4.86. The molecule has 1 N–H and O–H groups in total. The van der Waals surface area contributed by atoms with Gasteiger partial charge in [0.2, 0.25) is 0 Å². The lowest BCUT2D eigenvalue weighted by atomic mass is 9.79. The van der Waals surface area contributed by atoms with Crippen molar-refractivity contribution in [2.75, 3.05) is 11.5 Å². The van der Waals surface area contributed by atoms with Crippen LogP contribution in [0.25, 0.3) is 0 Å². The van der Waals surface area contributed by atoms with Gasteiger partial charge in [0, 0.05) is 0 Å². The zero-order valence-corrected chi connectivity index (χ0v) is 8.72. The monoisotopic (exact) mass is 218 g/mol. The molecule has 1 atom stereocenters. The molecule has 1 aliphatic carbocycles. The van der Waals surface area contributed by atoms with Crippen molar-refractivity contribution in [3.63, 3.8) is 0 Å². The lowest BCUT2D eigenvalue weighted by Gasteiger charge is -2.25. The summed E-state index contributed by atoms with van der Waals surface area (Å²) in [4.78, 5) is 10.7. The summed E-state index contributed by atoms with van der Waals surface area (Å²) in [6.07, 6.45) is 2.58. The van der Waals surface area contributed by atoms with Crippen LogP contribution in [0.15, 0.2) is 0 Å². The van der Waals surface area contributed by atoms with Gasteiger partial charge in [-0.1, -0.05) is 0 Å². The van der Waals surface area contributed by atoms with Crippen molar-refractivity contribution in [1.82, 2.24) is 0 Å². The molecule has 4 nitrogen and oxygen atoms in total. The molecule has 1 unspecified atom stereocenters. The number of aliphatic carboxylic acids is 1. The molecule has 0 aromatic heterocycles. The van der Waals surface area contributed by atoms with Crippen molar-refractivity contribution in [2.45, 2.75) is 25.7 Å². The van der Waals surface area contributed by atoms with Crippen LogP contribution in [0.4, 0.5) is 0 Å². The maximum absolute atomic E-state index is 11.4. The molecule has 1 saturated carbocycles. The Labute approximate surface area is 83.2 Å². The van der Waals surface area contributed by atoms with E-state index in [-0.39, 0.29) is 17.9 Å². The van der Waals surface area contributed by atoms with E-state index in [1.165, 1.54) is 0 Å². The average Bonchev–Trinajstić information content (AvgIpc) is 2.78. The average molecular weight is 218 g/mol. The van der Waals surface area contributed by atoms with Crippen LogP contribution >= 0.6 is 0 Å². The van der Waals surface area contributed by atoms with E-state index in [0.717, 1.165) is 12.8 Å². The van der Waals surface area contributed by atoms with E-state index in [4.69, 9.17) is 5.11 Å². The number of carboxylic acid groups (broad SMARTS) is 1. The molecular formula is C9H14O4S. The van der Waals surface area contributed by atoms with Gasteiger partial charge in [-0.2, -0.15) is 0 Å². The van der Waals surface area contributed by atoms with Crippen molar-refractivity contribution in [1.29, 1.82) is 0 Å². The number of hydrogen-bond acceptors (Lipinski definition) is 3. The molecule has 5 heteroatoms. The third-order valence-electron chi connectivity index (χ3n) is 3.36. The summed E-state index contributed by atoms with van der Waals surface area (Å²) in [5.74, 6) is -0.252. The standard InChI is InChI=1S/C9H14O4S/c10-8(11)5-9(7-1-2-7)3-4-14(12,13)6-9/h7H,1-6H2,(H,10,11). The van der Waals surface area contributed by atoms with Gasteiger partial charge in [-0.3, -0.25) is 4.79 Å². The van der Waals surface area contributed by atoms with Crippen LogP contribution in [-0.2, 0) is 14.6 Å². The van der Waals surface area contributed by atoms with E-state index in [2.05, 4.69) is 0 Å². The second kappa shape index (κ2) is 2.95. The van der Waals surface area contributed by atoms with Gasteiger partial charge < -0.3 is 5.11 Å². The Hall–Kier alpha value is -0.580. The van der Waals surface area contributed by atoms with E-state index >= 15 is 0 Å². The molecule has 1 heterocycles. The van der Waals surface area contributed by atoms with Crippen LogP contribution in [0.1, 0.15) is 25.7 Å². The van der Waals surface area contributed by atoms with Crippen molar-refractivity contribution < 1.29 is 18.3 Å². The molecule has 80 valence electrons. The molecule has 0 bridgehead atoms. The summed E-state index contributed by atoms with van der Waals surface area (Å²) in [7, 11) is -2.97. The van der Waals surface area contributed by atoms with Gasteiger partial charge in [0.05, 0.1) is 17.9 Å². The molecular weight excluding hydrogens is 204 g/mol. The van der Waals surface area contributed by atoms with Crippen LogP contribution in [-0.4, -0.2) is 31.0 Å². The van der Waals surface area contributed by atoms with Crippen LogP contribution in [0.3, 0.4) is 0 Å². The first-order valence-corrected chi connectivity index (χ1v) is 6.68. The fraction of sp³-hybridized carbons (Fsp3) is 0.889. The van der Waals surface area contributed by atoms with Crippen LogP contribution in [0, 0.1) is 11.3 Å². The molecule has 14 heavy (non-hydrogen) atoms. The summed E-state index contributed by atoms with van der Waals surface area (Å²) < 4.78 is 22.7. The van der Waals surface area contributed by atoms with Gasteiger partial charge in [-0.05, 0) is 30.6 Å². The molecule has 0 spiro atoms. The Bertz CT molecular complexity index is 355. The van der Waals surface area contributed by atoms with Crippen molar-refractivity contribution >= 4 is 15.8 Å². The van der Waals surface area contributed by atoms with Gasteiger partial charge in [0.1, 0.15) is 0 Å². The molecule has 2 fully saturated rings. The van der Waals surface area contributed by atoms with Crippen molar-refractivity contribution in [3.05, 3.63) is 0 Å². The number of carboxylic acids is 1. The topological polar surface area (TPSA) is 71.4 Å². The van der Waals surface area contributed by atoms with E-state index in [9.17, 15) is 13.2 Å². The highest BCUT2D eigenvalue weighted by Gasteiger charge is 2.52. The SMILES string of the molecule is O=C(O)CC1(C2CC2)CCS(=O)(=O)C1. The quantitative estimate of drug-likeness (QED) is 0.756. The smallest absolute Gasteiger partial charge is 0.303 e. The van der Waals surface area contributed by atoms with Gasteiger partial charge in [0.15, 0.2) is 9.84 Å². The second-order valence-electron chi connectivity index (χ2n) is 4.55. The lowest BCUT2D eigenvalue weighted by molar-refractivity contribution is -0.139. The summed E-state index contributed by atoms with van der Waals surface area (Å²) in [6, 6.07) is 0. The maximum atomic E-state index is 11.4. The summed E-state index contributed by atoms with van der Waals surface area (Å²) in [5.41, 5.74) is -0.426. The Balaban J connectivity index is 2.20. The largest absolute Gasteiger partial charge is 0.481 e. The minimum absolute atomic E-state index is 0.0247. The fourth-order valence-electron chi connectivity index (χ4n) is 2.54. The highest BCUT2D eigenvalue weighted by molar-refractivity contribution is 7.91. The Kier molecular flexibility index (Phi) is 2.10. The van der Waals surface area contributed by atoms with Crippen LogP contribution < -0.4 is 0 Å². The van der Waals surface area contributed by atoms with Gasteiger partial charge >= 0.3 is 5.97 Å².